The second-order valence-corrected chi connectivity index (χ2v) is 8.14. The highest BCUT2D eigenvalue weighted by Crippen LogP contribution is 2.32. The van der Waals surface area contributed by atoms with Crippen molar-refractivity contribution in [3.63, 3.8) is 0 Å². The minimum absolute atomic E-state index is 0.000181. The van der Waals surface area contributed by atoms with Crippen LogP contribution < -0.4 is 4.74 Å². The molecule has 1 saturated heterocycles. The van der Waals surface area contributed by atoms with Crippen LogP contribution >= 0.6 is 11.6 Å². The number of aromatic nitrogens is 2. The summed E-state index contributed by atoms with van der Waals surface area (Å²) in [5.41, 5.74) is 2.50. The molecule has 0 saturated carbocycles. The summed E-state index contributed by atoms with van der Waals surface area (Å²) in [6.07, 6.45) is 2.08. The Morgan fingerprint density at radius 2 is 1.97 bits per heavy atom. The van der Waals surface area contributed by atoms with Crippen molar-refractivity contribution in [2.24, 2.45) is 0 Å². The van der Waals surface area contributed by atoms with E-state index < -0.39 is 0 Å². The molecule has 1 amide bonds. The fourth-order valence-electron chi connectivity index (χ4n) is 3.71. The number of nitrogens with zero attached hydrogens (tertiary/aromatic N) is 3. The summed E-state index contributed by atoms with van der Waals surface area (Å²) in [4.78, 5) is 14.2. The van der Waals surface area contributed by atoms with Gasteiger partial charge in [-0.15, -0.1) is 0 Å². The van der Waals surface area contributed by atoms with Crippen LogP contribution in [0.5, 0.6) is 11.6 Å². The Kier molecular flexibility index (Phi) is 6.59. The highest BCUT2D eigenvalue weighted by atomic mass is 35.5. The number of ether oxygens (including phenoxy) is 2. The molecule has 2 heterocycles. The Hall–Kier alpha value is -2.83. The number of aryl methyl sites for hydroxylation is 1. The summed E-state index contributed by atoms with van der Waals surface area (Å²) in [6, 6.07) is 17.0. The van der Waals surface area contributed by atoms with Gasteiger partial charge in [-0.1, -0.05) is 29.8 Å². The van der Waals surface area contributed by atoms with Gasteiger partial charge in [-0.25, -0.2) is 4.68 Å². The van der Waals surface area contributed by atoms with E-state index in [0.29, 0.717) is 29.7 Å². The lowest BCUT2D eigenvalue weighted by molar-refractivity contribution is -0.131. The van der Waals surface area contributed by atoms with E-state index in [-0.39, 0.29) is 12.0 Å². The Morgan fingerprint density at radius 1 is 1.23 bits per heavy atom. The standard InChI is InChI=1S/C24H26ClN3O3/c1-17-23(16-27(18(2)29)15-22-9-6-14-30-22)24(31-21-7-4-3-5-8-21)28(26-17)20-12-10-19(25)11-13-20/h3-5,7-8,10-13,22H,6,9,14-16H2,1-2H3. The number of hydrogen-bond acceptors (Lipinski definition) is 4. The molecule has 6 nitrogen and oxygen atoms in total. The van der Waals surface area contributed by atoms with Crippen LogP contribution in [0, 0.1) is 6.92 Å². The summed E-state index contributed by atoms with van der Waals surface area (Å²) in [5.74, 6) is 1.29. The SMILES string of the molecule is CC(=O)N(Cc1c(C)nn(-c2ccc(Cl)cc2)c1Oc1ccccc1)CC1CCCO1. The average molecular weight is 440 g/mol. The van der Waals surface area contributed by atoms with Crippen LogP contribution in [0.2, 0.25) is 5.02 Å². The molecule has 4 rings (SSSR count). The normalized spacial score (nSPS) is 15.8. The van der Waals surface area contributed by atoms with Gasteiger partial charge < -0.3 is 14.4 Å². The molecule has 0 N–H and O–H groups in total. The Morgan fingerprint density at radius 3 is 2.61 bits per heavy atom. The third kappa shape index (κ3) is 5.09. The number of rotatable bonds is 7. The van der Waals surface area contributed by atoms with Crippen molar-refractivity contribution in [2.75, 3.05) is 13.2 Å². The number of amides is 1. The Labute approximate surface area is 187 Å². The number of benzene rings is 2. The molecule has 0 bridgehead atoms. The molecule has 3 aromatic rings. The maximum atomic E-state index is 12.4. The molecule has 162 valence electrons. The van der Waals surface area contributed by atoms with Crippen LogP contribution in [-0.2, 0) is 16.1 Å². The number of carbonyl (C=O) groups excluding carboxylic acids is 1. The van der Waals surface area contributed by atoms with E-state index in [9.17, 15) is 4.79 Å². The molecule has 0 spiro atoms. The van der Waals surface area contributed by atoms with Crippen LogP contribution in [0.3, 0.4) is 0 Å². The third-order valence-electron chi connectivity index (χ3n) is 5.41. The zero-order valence-electron chi connectivity index (χ0n) is 17.8. The van der Waals surface area contributed by atoms with Gasteiger partial charge >= 0.3 is 0 Å². The lowest BCUT2D eigenvalue weighted by Crippen LogP contribution is -2.35. The van der Waals surface area contributed by atoms with Crippen LogP contribution in [0.1, 0.15) is 31.0 Å². The minimum atomic E-state index is -0.000181. The van der Waals surface area contributed by atoms with Crippen molar-refractivity contribution in [3.05, 3.63) is 70.9 Å². The van der Waals surface area contributed by atoms with Gasteiger partial charge in [-0.3, -0.25) is 4.79 Å². The van der Waals surface area contributed by atoms with Crippen molar-refractivity contribution in [2.45, 2.75) is 39.3 Å². The van der Waals surface area contributed by atoms with Gasteiger partial charge in [0.1, 0.15) is 5.75 Å². The first-order valence-corrected chi connectivity index (χ1v) is 10.8. The van der Waals surface area contributed by atoms with Gasteiger partial charge in [-0.05, 0) is 56.2 Å². The van der Waals surface area contributed by atoms with Gasteiger partial charge in [-0.2, -0.15) is 5.10 Å². The lowest BCUT2D eigenvalue weighted by Gasteiger charge is -2.24. The summed E-state index contributed by atoms with van der Waals surface area (Å²) >= 11 is 6.07. The van der Waals surface area contributed by atoms with Gasteiger partial charge in [0.05, 0.1) is 29.6 Å². The number of hydrogen-bond donors (Lipinski definition) is 0. The fourth-order valence-corrected chi connectivity index (χ4v) is 3.84. The van der Waals surface area contributed by atoms with Gasteiger partial charge in [0, 0.05) is 25.1 Å². The summed E-state index contributed by atoms with van der Waals surface area (Å²) in [7, 11) is 0. The summed E-state index contributed by atoms with van der Waals surface area (Å²) < 4.78 is 13.8. The molecule has 1 aliphatic rings. The molecule has 0 aliphatic carbocycles. The smallest absolute Gasteiger partial charge is 0.227 e. The Bertz CT molecular complexity index is 1030. The summed E-state index contributed by atoms with van der Waals surface area (Å²) in [5, 5.41) is 5.38. The topological polar surface area (TPSA) is 56.6 Å². The summed E-state index contributed by atoms with van der Waals surface area (Å²) in [6.45, 7) is 5.24. The van der Waals surface area contributed by atoms with Gasteiger partial charge in [0.25, 0.3) is 0 Å². The molecule has 2 aromatic carbocycles. The number of carbonyl (C=O) groups is 1. The first-order chi connectivity index (χ1) is 15.0. The molecular formula is C24H26ClN3O3. The second-order valence-electron chi connectivity index (χ2n) is 7.71. The zero-order valence-corrected chi connectivity index (χ0v) is 18.5. The van der Waals surface area contributed by atoms with Crippen LogP contribution in [0.25, 0.3) is 5.69 Å². The van der Waals surface area contributed by atoms with E-state index in [0.717, 1.165) is 36.4 Å². The monoisotopic (exact) mass is 439 g/mol. The van der Waals surface area contributed by atoms with E-state index >= 15 is 0 Å². The number of halogens is 1. The van der Waals surface area contributed by atoms with Gasteiger partial charge in [0.15, 0.2) is 0 Å². The van der Waals surface area contributed by atoms with Crippen molar-refractivity contribution < 1.29 is 14.3 Å². The molecule has 31 heavy (non-hydrogen) atoms. The van der Waals surface area contributed by atoms with E-state index in [1.54, 1.807) is 11.6 Å². The molecule has 1 atom stereocenters. The van der Waals surface area contributed by atoms with E-state index in [1.165, 1.54) is 0 Å². The molecule has 1 unspecified atom stereocenters. The predicted molar refractivity (Wildman–Crippen MR) is 120 cm³/mol. The number of para-hydroxylation sites is 1. The third-order valence-corrected chi connectivity index (χ3v) is 5.66. The van der Waals surface area contributed by atoms with Crippen LogP contribution in [-0.4, -0.2) is 39.8 Å². The molecule has 1 fully saturated rings. The van der Waals surface area contributed by atoms with E-state index in [2.05, 4.69) is 0 Å². The highest BCUT2D eigenvalue weighted by molar-refractivity contribution is 6.30. The van der Waals surface area contributed by atoms with Crippen molar-refractivity contribution in [1.29, 1.82) is 0 Å². The largest absolute Gasteiger partial charge is 0.439 e. The molecule has 1 aliphatic heterocycles. The first kappa shape index (κ1) is 21.4. The first-order valence-electron chi connectivity index (χ1n) is 10.5. The second kappa shape index (κ2) is 9.54. The van der Waals surface area contributed by atoms with Crippen molar-refractivity contribution >= 4 is 17.5 Å². The molecule has 7 heteroatoms. The van der Waals surface area contributed by atoms with Crippen molar-refractivity contribution in [1.82, 2.24) is 14.7 Å². The minimum Gasteiger partial charge on any atom is -0.439 e. The molecular weight excluding hydrogens is 414 g/mol. The van der Waals surface area contributed by atoms with Crippen molar-refractivity contribution in [3.8, 4) is 17.3 Å². The van der Waals surface area contributed by atoms with Crippen LogP contribution in [0.4, 0.5) is 0 Å². The molecule has 1 aromatic heterocycles. The van der Waals surface area contributed by atoms with Gasteiger partial charge in [0.2, 0.25) is 11.8 Å². The lowest BCUT2D eigenvalue weighted by atomic mass is 10.2. The fraction of sp³-hybridized carbons (Fsp3) is 0.333. The van der Waals surface area contributed by atoms with E-state index in [1.807, 2.05) is 66.4 Å². The average Bonchev–Trinajstić information content (AvgIpc) is 3.38. The zero-order chi connectivity index (χ0) is 21.8. The Balaban J connectivity index is 1.71. The predicted octanol–water partition coefficient (Wildman–Crippen LogP) is 5.15. The quantitative estimate of drug-likeness (QED) is 0.510. The maximum absolute atomic E-state index is 12.4. The maximum Gasteiger partial charge on any atom is 0.227 e. The van der Waals surface area contributed by atoms with E-state index in [4.69, 9.17) is 26.2 Å². The highest BCUT2D eigenvalue weighted by Gasteiger charge is 2.25. The van der Waals surface area contributed by atoms with Crippen LogP contribution in [0.15, 0.2) is 54.6 Å². The molecule has 0 radical (unpaired) electrons.